The standard InChI is InChI=1S/C13H13N3O/c1-8-6-9(2)11(16-7-8)12(17)10-4-3-5-15-13(10)14/h3-7H,1-2H3,(H2,14,15). The van der Waals surface area contributed by atoms with Crippen LogP contribution in [0.25, 0.3) is 0 Å². The van der Waals surface area contributed by atoms with Gasteiger partial charge in [-0.15, -0.1) is 0 Å². The molecular weight excluding hydrogens is 214 g/mol. The number of nitrogens with zero attached hydrogens (tertiary/aromatic N) is 2. The first-order valence-electron chi connectivity index (χ1n) is 5.28. The molecule has 0 amide bonds. The third-order valence-corrected chi connectivity index (χ3v) is 2.51. The molecule has 0 spiro atoms. The van der Waals surface area contributed by atoms with Crippen LogP contribution in [0.1, 0.15) is 27.2 Å². The first-order valence-corrected chi connectivity index (χ1v) is 5.28. The van der Waals surface area contributed by atoms with E-state index in [0.29, 0.717) is 11.3 Å². The molecule has 2 heterocycles. The van der Waals surface area contributed by atoms with Crippen molar-refractivity contribution in [3.8, 4) is 0 Å². The minimum atomic E-state index is -0.187. The van der Waals surface area contributed by atoms with Crippen LogP contribution in [0.4, 0.5) is 5.82 Å². The van der Waals surface area contributed by atoms with Crippen LogP contribution in [0.3, 0.4) is 0 Å². The van der Waals surface area contributed by atoms with Crippen molar-refractivity contribution in [2.75, 3.05) is 5.73 Å². The Hall–Kier alpha value is -2.23. The summed E-state index contributed by atoms with van der Waals surface area (Å²) < 4.78 is 0. The van der Waals surface area contributed by atoms with Gasteiger partial charge in [0.05, 0.1) is 5.56 Å². The fourth-order valence-electron chi connectivity index (χ4n) is 1.69. The molecule has 0 unspecified atom stereocenters. The molecule has 0 aliphatic rings. The number of carbonyl (C=O) groups is 1. The molecule has 0 fully saturated rings. The Morgan fingerprint density at radius 2 is 2.06 bits per heavy atom. The highest BCUT2D eigenvalue weighted by atomic mass is 16.1. The van der Waals surface area contributed by atoms with E-state index in [1.54, 1.807) is 24.5 Å². The lowest BCUT2D eigenvalue weighted by Gasteiger charge is -2.06. The maximum Gasteiger partial charge on any atom is 0.215 e. The van der Waals surface area contributed by atoms with Gasteiger partial charge in [0.2, 0.25) is 5.78 Å². The number of carbonyl (C=O) groups excluding carboxylic acids is 1. The summed E-state index contributed by atoms with van der Waals surface area (Å²) in [5, 5.41) is 0. The minimum absolute atomic E-state index is 0.187. The SMILES string of the molecule is Cc1cnc(C(=O)c2cccnc2N)c(C)c1. The third kappa shape index (κ3) is 2.15. The van der Waals surface area contributed by atoms with Crippen LogP contribution in [-0.2, 0) is 0 Å². The number of nitrogen functional groups attached to an aromatic ring is 1. The van der Waals surface area contributed by atoms with Crippen molar-refractivity contribution in [2.24, 2.45) is 0 Å². The van der Waals surface area contributed by atoms with E-state index < -0.39 is 0 Å². The average Bonchev–Trinajstić information content (AvgIpc) is 2.29. The third-order valence-electron chi connectivity index (χ3n) is 2.51. The van der Waals surface area contributed by atoms with Crippen molar-refractivity contribution in [1.82, 2.24) is 9.97 Å². The molecule has 2 rings (SSSR count). The van der Waals surface area contributed by atoms with Crippen molar-refractivity contribution in [3.63, 3.8) is 0 Å². The molecule has 0 aliphatic carbocycles. The highest BCUT2D eigenvalue weighted by Gasteiger charge is 2.16. The predicted octanol–water partition coefficient (Wildman–Crippen LogP) is 1.91. The summed E-state index contributed by atoms with van der Waals surface area (Å²) in [5.41, 5.74) is 8.37. The Morgan fingerprint density at radius 3 is 2.71 bits per heavy atom. The first-order chi connectivity index (χ1) is 8.09. The van der Waals surface area contributed by atoms with Crippen LogP contribution in [-0.4, -0.2) is 15.8 Å². The number of nitrogens with two attached hydrogens (primary N) is 1. The largest absolute Gasteiger partial charge is 0.383 e. The Morgan fingerprint density at radius 1 is 1.29 bits per heavy atom. The lowest BCUT2D eigenvalue weighted by molar-refractivity contribution is 0.103. The molecular formula is C13H13N3O. The normalized spacial score (nSPS) is 10.2. The summed E-state index contributed by atoms with van der Waals surface area (Å²) >= 11 is 0. The summed E-state index contributed by atoms with van der Waals surface area (Å²) in [6.45, 7) is 3.80. The molecule has 0 bridgehead atoms. The number of rotatable bonds is 2. The molecule has 0 aliphatic heterocycles. The fraction of sp³-hybridized carbons (Fsp3) is 0.154. The second-order valence-corrected chi connectivity index (χ2v) is 3.94. The smallest absolute Gasteiger partial charge is 0.215 e. The summed E-state index contributed by atoms with van der Waals surface area (Å²) in [5.74, 6) is 0.0485. The van der Waals surface area contributed by atoms with E-state index in [2.05, 4.69) is 9.97 Å². The van der Waals surface area contributed by atoms with Crippen LogP contribution >= 0.6 is 0 Å². The van der Waals surface area contributed by atoms with E-state index in [1.807, 2.05) is 19.9 Å². The fourth-order valence-corrected chi connectivity index (χ4v) is 1.69. The summed E-state index contributed by atoms with van der Waals surface area (Å²) in [7, 11) is 0. The van der Waals surface area contributed by atoms with Crippen molar-refractivity contribution in [1.29, 1.82) is 0 Å². The molecule has 0 saturated carbocycles. The van der Waals surface area contributed by atoms with Crippen LogP contribution in [0.2, 0.25) is 0 Å². The van der Waals surface area contributed by atoms with E-state index in [9.17, 15) is 4.79 Å². The second-order valence-electron chi connectivity index (χ2n) is 3.94. The van der Waals surface area contributed by atoms with Gasteiger partial charge in [-0.25, -0.2) is 4.98 Å². The number of pyridine rings is 2. The van der Waals surface area contributed by atoms with Crippen LogP contribution in [0, 0.1) is 13.8 Å². The lowest BCUT2D eigenvalue weighted by atomic mass is 10.0. The van der Waals surface area contributed by atoms with Gasteiger partial charge < -0.3 is 5.73 Å². The topological polar surface area (TPSA) is 68.9 Å². The van der Waals surface area contributed by atoms with Gasteiger partial charge in [-0.1, -0.05) is 6.07 Å². The summed E-state index contributed by atoms with van der Waals surface area (Å²) in [4.78, 5) is 20.3. The van der Waals surface area contributed by atoms with E-state index in [-0.39, 0.29) is 11.6 Å². The molecule has 2 N–H and O–H groups in total. The van der Waals surface area contributed by atoms with Gasteiger partial charge in [0.15, 0.2) is 0 Å². The summed E-state index contributed by atoms with van der Waals surface area (Å²) in [6.07, 6.45) is 3.23. The van der Waals surface area contributed by atoms with Gasteiger partial charge in [-0.3, -0.25) is 9.78 Å². The molecule has 0 radical (unpaired) electrons. The van der Waals surface area contributed by atoms with E-state index >= 15 is 0 Å². The van der Waals surface area contributed by atoms with Gasteiger partial charge >= 0.3 is 0 Å². The van der Waals surface area contributed by atoms with Gasteiger partial charge in [-0.05, 0) is 37.1 Å². The Labute approximate surface area is 99.5 Å². The molecule has 2 aromatic rings. The quantitative estimate of drug-likeness (QED) is 0.795. The summed E-state index contributed by atoms with van der Waals surface area (Å²) in [6, 6.07) is 5.27. The van der Waals surface area contributed by atoms with E-state index in [4.69, 9.17) is 5.73 Å². The Balaban J connectivity index is 2.48. The van der Waals surface area contributed by atoms with Crippen molar-refractivity contribution in [2.45, 2.75) is 13.8 Å². The second kappa shape index (κ2) is 4.33. The molecule has 86 valence electrons. The van der Waals surface area contributed by atoms with Crippen LogP contribution in [0.5, 0.6) is 0 Å². The highest BCUT2D eigenvalue weighted by molar-refractivity contribution is 6.11. The first kappa shape index (κ1) is 11.3. The van der Waals surface area contributed by atoms with Crippen molar-refractivity contribution >= 4 is 11.6 Å². The molecule has 4 nitrogen and oxygen atoms in total. The van der Waals surface area contributed by atoms with E-state index in [1.165, 1.54) is 0 Å². The van der Waals surface area contributed by atoms with Gasteiger partial charge in [0.1, 0.15) is 11.5 Å². The molecule has 4 heteroatoms. The zero-order valence-electron chi connectivity index (χ0n) is 9.77. The zero-order valence-corrected chi connectivity index (χ0v) is 9.77. The molecule has 2 aromatic heterocycles. The predicted molar refractivity (Wildman–Crippen MR) is 65.8 cm³/mol. The number of anilines is 1. The van der Waals surface area contributed by atoms with Crippen molar-refractivity contribution in [3.05, 3.63) is 53.0 Å². The molecule has 0 saturated heterocycles. The Bertz CT molecular complexity index is 579. The van der Waals surface area contributed by atoms with Gasteiger partial charge in [-0.2, -0.15) is 0 Å². The highest BCUT2D eigenvalue weighted by Crippen LogP contribution is 2.16. The number of hydrogen-bond acceptors (Lipinski definition) is 4. The molecule has 17 heavy (non-hydrogen) atoms. The number of aryl methyl sites for hydroxylation is 2. The lowest BCUT2D eigenvalue weighted by Crippen LogP contribution is -2.10. The van der Waals surface area contributed by atoms with Crippen LogP contribution < -0.4 is 5.73 Å². The van der Waals surface area contributed by atoms with Crippen molar-refractivity contribution < 1.29 is 4.79 Å². The number of aromatic nitrogens is 2. The number of hydrogen-bond donors (Lipinski definition) is 1. The van der Waals surface area contributed by atoms with E-state index in [0.717, 1.165) is 11.1 Å². The average molecular weight is 227 g/mol. The van der Waals surface area contributed by atoms with Crippen LogP contribution in [0.15, 0.2) is 30.6 Å². The maximum absolute atomic E-state index is 12.2. The molecule has 0 atom stereocenters. The maximum atomic E-state index is 12.2. The monoisotopic (exact) mass is 227 g/mol. The van der Waals surface area contributed by atoms with Gasteiger partial charge in [0.25, 0.3) is 0 Å². The molecule has 0 aromatic carbocycles. The number of ketones is 1. The Kier molecular flexibility index (Phi) is 2.87. The van der Waals surface area contributed by atoms with Gasteiger partial charge in [0, 0.05) is 12.4 Å². The zero-order chi connectivity index (χ0) is 12.4. The minimum Gasteiger partial charge on any atom is -0.383 e.